The molecule has 0 aliphatic heterocycles. The quantitative estimate of drug-likeness (QED) is 0.0843. The molecular weight excluding hydrogens is 656 g/mol. The van der Waals surface area contributed by atoms with Crippen LogP contribution in [0.5, 0.6) is 23.0 Å². The van der Waals surface area contributed by atoms with E-state index in [1.54, 1.807) is 72.8 Å². The highest BCUT2D eigenvalue weighted by Gasteiger charge is 2.17. The highest BCUT2D eigenvalue weighted by atomic mass is 16.5. The molecule has 0 N–H and O–H groups in total. The zero-order valence-electron chi connectivity index (χ0n) is 28.3. The molecule has 0 saturated heterocycles. The van der Waals surface area contributed by atoms with E-state index in [0.29, 0.717) is 22.6 Å². The third kappa shape index (κ3) is 11.0. The summed E-state index contributed by atoms with van der Waals surface area (Å²) in [6, 6.07) is 23.2. The van der Waals surface area contributed by atoms with Crippen molar-refractivity contribution in [2.75, 3.05) is 0 Å². The van der Waals surface area contributed by atoms with Crippen LogP contribution in [0.1, 0.15) is 47.2 Å². The molecule has 4 aromatic rings. The zero-order chi connectivity index (χ0) is 37.6. The first kappa shape index (κ1) is 37.2. The number of carbonyl (C=O) groups is 4. The molecule has 0 bridgehead atoms. The second-order valence-corrected chi connectivity index (χ2v) is 10.8. The Morgan fingerprint density at radius 3 is 1.06 bits per heavy atom. The van der Waals surface area contributed by atoms with Gasteiger partial charge >= 0.3 is 23.9 Å². The standard InChI is InChI=1S/C44H30O8/c1-7-41(45)49-37-23-17-33(18-24-37)14-11-31-9-12-32(13-10-31)15-21-35-27-40(52-44(48)30(5)6)36(28-39(35)51-43(47)29(3)4)22-16-34-19-25-38(26-20-34)50-42(46)8-2/h7-10,12-13,17-20,23-28H,1-3,5H2,4,6H3. The molecule has 0 aliphatic carbocycles. The van der Waals surface area contributed by atoms with Crippen LogP contribution in [-0.2, 0) is 19.2 Å². The van der Waals surface area contributed by atoms with Gasteiger partial charge in [0.15, 0.2) is 0 Å². The smallest absolute Gasteiger partial charge is 0.338 e. The molecule has 0 spiro atoms. The van der Waals surface area contributed by atoms with E-state index in [-0.39, 0.29) is 33.8 Å². The normalized spacial score (nSPS) is 9.50. The summed E-state index contributed by atoms with van der Waals surface area (Å²) in [5, 5.41) is 0. The Morgan fingerprint density at radius 2 is 0.769 bits per heavy atom. The molecule has 8 nitrogen and oxygen atoms in total. The Balaban J connectivity index is 1.66. The number of hydrogen-bond acceptors (Lipinski definition) is 8. The van der Waals surface area contributed by atoms with Gasteiger partial charge in [0.2, 0.25) is 0 Å². The van der Waals surface area contributed by atoms with Gasteiger partial charge < -0.3 is 18.9 Å². The molecule has 52 heavy (non-hydrogen) atoms. The van der Waals surface area contributed by atoms with Crippen molar-refractivity contribution < 1.29 is 38.1 Å². The van der Waals surface area contributed by atoms with Crippen molar-refractivity contribution in [1.82, 2.24) is 0 Å². The van der Waals surface area contributed by atoms with Gasteiger partial charge in [0.25, 0.3) is 0 Å². The van der Waals surface area contributed by atoms with Crippen molar-refractivity contribution in [2.24, 2.45) is 0 Å². The summed E-state index contributed by atoms with van der Waals surface area (Å²) in [6.45, 7) is 17.1. The summed E-state index contributed by atoms with van der Waals surface area (Å²) >= 11 is 0. The predicted octanol–water partition coefficient (Wildman–Crippen LogP) is 7.03. The largest absolute Gasteiger partial charge is 0.423 e. The predicted molar refractivity (Wildman–Crippen MR) is 196 cm³/mol. The van der Waals surface area contributed by atoms with Crippen LogP contribution in [0.25, 0.3) is 0 Å². The number of esters is 4. The van der Waals surface area contributed by atoms with Crippen LogP contribution in [0.15, 0.2) is 135 Å². The molecule has 0 unspecified atom stereocenters. The SMILES string of the molecule is C=CC(=O)Oc1ccc(C#Cc2ccc(C#Cc3cc(OC(=O)C(=C)C)c(C#Cc4ccc(OC(=O)C=C)cc4)cc3OC(=O)C(=C)C)cc2)cc1. The Morgan fingerprint density at radius 1 is 0.481 bits per heavy atom. The highest BCUT2D eigenvalue weighted by Crippen LogP contribution is 2.30. The van der Waals surface area contributed by atoms with Crippen molar-refractivity contribution in [1.29, 1.82) is 0 Å². The molecule has 0 amide bonds. The maximum Gasteiger partial charge on any atom is 0.338 e. The molecule has 0 fully saturated rings. The molecule has 254 valence electrons. The van der Waals surface area contributed by atoms with Crippen LogP contribution in [0.2, 0.25) is 0 Å². The molecule has 4 rings (SSSR count). The average molecular weight is 687 g/mol. The molecule has 0 heterocycles. The fraction of sp³-hybridized carbons (Fsp3) is 0.0455. The van der Waals surface area contributed by atoms with E-state index in [0.717, 1.165) is 23.3 Å². The summed E-state index contributed by atoms with van der Waals surface area (Å²) in [5.41, 5.74) is 3.41. The number of rotatable bonds is 8. The Hall–Kier alpha value is -7.60. The van der Waals surface area contributed by atoms with E-state index in [4.69, 9.17) is 18.9 Å². The van der Waals surface area contributed by atoms with Crippen molar-refractivity contribution in [3.05, 3.63) is 168 Å². The van der Waals surface area contributed by atoms with Crippen molar-refractivity contribution in [2.45, 2.75) is 13.8 Å². The third-order valence-corrected chi connectivity index (χ3v) is 6.58. The monoisotopic (exact) mass is 686 g/mol. The molecule has 4 aromatic carbocycles. The summed E-state index contributed by atoms with van der Waals surface area (Å²) in [7, 11) is 0. The van der Waals surface area contributed by atoms with Gasteiger partial charge in [-0.25, -0.2) is 19.2 Å². The van der Waals surface area contributed by atoms with Crippen LogP contribution >= 0.6 is 0 Å². The van der Waals surface area contributed by atoms with Gasteiger partial charge in [-0.15, -0.1) is 0 Å². The molecule has 0 aliphatic rings. The van der Waals surface area contributed by atoms with E-state index in [1.165, 1.54) is 26.0 Å². The van der Waals surface area contributed by atoms with Crippen molar-refractivity contribution in [3.8, 4) is 58.5 Å². The van der Waals surface area contributed by atoms with Crippen LogP contribution in [0.3, 0.4) is 0 Å². The van der Waals surface area contributed by atoms with Crippen molar-refractivity contribution >= 4 is 23.9 Å². The molecule has 0 atom stereocenters. The van der Waals surface area contributed by atoms with Gasteiger partial charge in [0.05, 0.1) is 11.1 Å². The van der Waals surface area contributed by atoms with Gasteiger partial charge in [-0.2, -0.15) is 0 Å². The highest BCUT2D eigenvalue weighted by molar-refractivity contribution is 5.90. The van der Waals surface area contributed by atoms with Gasteiger partial charge in [-0.05, 0) is 86.6 Å². The number of benzene rings is 4. The van der Waals surface area contributed by atoms with E-state index in [1.807, 2.05) is 0 Å². The van der Waals surface area contributed by atoms with Crippen LogP contribution in [-0.4, -0.2) is 23.9 Å². The molecule has 8 heteroatoms. The summed E-state index contributed by atoms with van der Waals surface area (Å²) in [6.07, 6.45) is 2.14. The lowest BCUT2D eigenvalue weighted by atomic mass is 10.1. The van der Waals surface area contributed by atoms with E-state index < -0.39 is 23.9 Å². The second kappa shape index (κ2) is 17.7. The fourth-order valence-corrected chi connectivity index (χ4v) is 3.89. The lowest BCUT2D eigenvalue weighted by Gasteiger charge is -2.12. The first-order valence-corrected chi connectivity index (χ1v) is 15.4. The Kier molecular flexibility index (Phi) is 12.7. The minimum absolute atomic E-state index is 0.0639. The van der Waals surface area contributed by atoms with Gasteiger partial charge in [-0.1, -0.05) is 61.8 Å². The number of carbonyl (C=O) groups excluding carboxylic acids is 4. The molecular formula is C44H30O8. The lowest BCUT2D eigenvalue weighted by Crippen LogP contribution is -2.12. The minimum atomic E-state index is -0.689. The van der Waals surface area contributed by atoms with Crippen LogP contribution in [0.4, 0.5) is 0 Å². The Labute approximate surface area is 301 Å². The zero-order valence-corrected chi connectivity index (χ0v) is 28.3. The summed E-state index contributed by atoms with van der Waals surface area (Å²) in [5.74, 6) is 16.4. The van der Waals surface area contributed by atoms with Gasteiger partial charge in [0, 0.05) is 57.7 Å². The maximum absolute atomic E-state index is 12.6. The number of hydrogen-bond donors (Lipinski definition) is 0. The maximum atomic E-state index is 12.6. The van der Waals surface area contributed by atoms with Crippen LogP contribution in [0, 0.1) is 35.5 Å². The van der Waals surface area contributed by atoms with Crippen LogP contribution < -0.4 is 18.9 Å². The van der Waals surface area contributed by atoms with E-state index in [9.17, 15) is 19.2 Å². The number of ether oxygens (including phenoxy) is 4. The van der Waals surface area contributed by atoms with E-state index >= 15 is 0 Å². The first-order valence-electron chi connectivity index (χ1n) is 15.4. The minimum Gasteiger partial charge on any atom is -0.423 e. The van der Waals surface area contributed by atoms with Gasteiger partial charge in [0.1, 0.15) is 23.0 Å². The average Bonchev–Trinajstić information content (AvgIpc) is 3.14. The fourth-order valence-electron chi connectivity index (χ4n) is 3.89. The van der Waals surface area contributed by atoms with Gasteiger partial charge in [-0.3, -0.25) is 0 Å². The first-order chi connectivity index (χ1) is 24.9. The summed E-state index contributed by atoms with van der Waals surface area (Å²) < 4.78 is 21.4. The topological polar surface area (TPSA) is 105 Å². The van der Waals surface area contributed by atoms with E-state index in [2.05, 4.69) is 61.8 Å². The molecule has 0 saturated carbocycles. The lowest BCUT2D eigenvalue weighted by molar-refractivity contribution is -0.131. The van der Waals surface area contributed by atoms with Crippen molar-refractivity contribution in [3.63, 3.8) is 0 Å². The molecule has 0 radical (unpaired) electrons. The molecule has 0 aromatic heterocycles. The second-order valence-electron chi connectivity index (χ2n) is 10.8. The Bertz CT molecular complexity index is 2290. The summed E-state index contributed by atoms with van der Waals surface area (Å²) in [4.78, 5) is 48.1. The third-order valence-electron chi connectivity index (χ3n) is 6.58.